The molecule has 18 heavy (non-hydrogen) atoms. The molecule has 0 aliphatic rings. The van der Waals surface area contributed by atoms with Crippen molar-refractivity contribution < 1.29 is 14.2 Å². The van der Waals surface area contributed by atoms with Crippen LogP contribution < -0.4 is 5.48 Å². The summed E-state index contributed by atoms with van der Waals surface area (Å²) in [5.41, 5.74) is 2.41. The first kappa shape index (κ1) is 12.9. The normalized spacial score (nSPS) is 11.6. The van der Waals surface area contributed by atoms with Gasteiger partial charge in [0.1, 0.15) is 5.82 Å². The minimum atomic E-state index is -0.411. The van der Waals surface area contributed by atoms with E-state index in [4.69, 9.17) is 17.4 Å². The molecule has 0 bridgehead atoms. The average Bonchev–Trinajstić information content (AvgIpc) is 2.77. The zero-order chi connectivity index (χ0) is 13.1. The molecule has 0 fully saturated rings. The van der Waals surface area contributed by atoms with Crippen LogP contribution in [0.15, 0.2) is 32.3 Å². The molecule has 0 unspecified atom stereocenters. The van der Waals surface area contributed by atoms with Crippen molar-refractivity contribution in [2.24, 2.45) is 4.99 Å². The number of nitrogens with zero attached hydrogens (tertiary/aromatic N) is 2. The lowest BCUT2D eigenvalue weighted by Gasteiger charge is -2.01. The molecule has 0 aliphatic heterocycles. The summed E-state index contributed by atoms with van der Waals surface area (Å²) in [7, 11) is 0. The molecule has 0 saturated heterocycles. The minimum Gasteiger partial charge on any atom is -0.290 e. The van der Waals surface area contributed by atoms with Crippen LogP contribution in [0.3, 0.4) is 0 Å². The first-order valence-corrected chi connectivity index (χ1v) is 5.80. The fraction of sp³-hybridized carbons (Fsp3) is 0. The van der Waals surface area contributed by atoms with Crippen LogP contribution in [0, 0.1) is 10.5 Å². The number of H-pyrrole nitrogens is 1. The lowest BCUT2D eigenvalue weighted by Crippen LogP contribution is -2.20. The van der Waals surface area contributed by atoms with Gasteiger partial charge in [0.15, 0.2) is 16.2 Å². The molecule has 0 amide bonds. The van der Waals surface area contributed by atoms with Crippen molar-refractivity contribution in [1.82, 2.24) is 15.8 Å². The third-order valence-electron chi connectivity index (χ3n) is 1.96. The highest BCUT2D eigenvalue weighted by Crippen LogP contribution is 2.22. The lowest BCUT2D eigenvalue weighted by molar-refractivity contribution is 0.234. The van der Waals surface area contributed by atoms with E-state index in [0.29, 0.717) is 5.69 Å². The van der Waals surface area contributed by atoms with Gasteiger partial charge in [0.25, 0.3) is 0 Å². The maximum absolute atomic E-state index is 13.0. The Bertz CT molecular complexity index is 654. The first-order chi connectivity index (χ1) is 8.61. The SMILES string of the molecule is ONC(=Nc1ccc(F)c(Br)c1)c1no[nH]c1=S. The summed E-state index contributed by atoms with van der Waals surface area (Å²) in [5.74, 6) is -0.422. The summed E-state index contributed by atoms with van der Waals surface area (Å²) < 4.78 is 18.0. The van der Waals surface area contributed by atoms with Crippen molar-refractivity contribution in [3.05, 3.63) is 38.8 Å². The number of aromatic nitrogens is 2. The molecule has 0 radical (unpaired) electrons. The molecule has 0 atom stereocenters. The Morgan fingerprint density at radius 1 is 1.61 bits per heavy atom. The predicted molar refractivity (Wildman–Crippen MR) is 66.9 cm³/mol. The molecule has 0 spiro atoms. The van der Waals surface area contributed by atoms with Crippen LogP contribution in [-0.4, -0.2) is 21.4 Å². The van der Waals surface area contributed by atoms with E-state index in [0.717, 1.165) is 0 Å². The van der Waals surface area contributed by atoms with Crippen LogP contribution in [0.25, 0.3) is 0 Å². The zero-order valence-corrected chi connectivity index (χ0v) is 11.0. The number of nitrogens with one attached hydrogen (secondary N) is 2. The maximum Gasteiger partial charge on any atom is 0.187 e. The number of hydrogen-bond acceptors (Lipinski definition) is 5. The maximum atomic E-state index is 13.0. The van der Waals surface area contributed by atoms with Crippen molar-refractivity contribution in [2.75, 3.05) is 0 Å². The van der Waals surface area contributed by atoms with Gasteiger partial charge in [0.05, 0.1) is 10.2 Å². The van der Waals surface area contributed by atoms with E-state index in [9.17, 15) is 4.39 Å². The number of aromatic amines is 1. The van der Waals surface area contributed by atoms with Crippen LogP contribution in [-0.2, 0) is 0 Å². The van der Waals surface area contributed by atoms with Gasteiger partial charge in [-0.1, -0.05) is 12.2 Å². The average molecular weight is 333 g/mol. The standard InChI is InChI=1S/C9H6BrFN4O2S/c10-5-3-4(1-2-6(5)11)12-8(13-16)7-9(18)15-17-14-7/h1-3,16H,(H,12,13)(H,15,18). The van der Waals surface area contributed by atoms with Gasteiger partial charge in [-0.2, -0.15) is 5.16 Å². The summed E-state index contributed by atoms with van der Waals surface area (Å²) in [6, 6.07) is 4.12. The van der Waals surface area contributed by atoms with Crippen LogP contribution in [0.5, 0.6) is 0 Å². The molecule has 0 aliphatic carbocycles. The molecular formula is C9H6BrFN4O2S. The van der Waals surface area contributed by atoms with Crippen molar-refractivity contribution in [3.63, 3.8) is 0 Å². The monoisotopic (exact) mass is 332 g/mol. The number of aliphatic imine (C=N–C) groups is 1. The topological polar surface area (TPSA) is 86.4 Å². The van der Waals surface area contributed by atoms with Crippen molar-refractivity contribution in [1.29, 1.82) is 0 Å². The van der Waals surface area contributed by atoms with Crippen LogP contribution in [0.1, 0.15) is 5.69 Å². The summed E-state index contributed by atoms with van der Waals surface area (Å²) in [5, 5.41) is 14.9. The zero-order valence-electron chi connectivity index (χ0n) is 8.65. The number of rotatable bonds is 2. The number of halogens is 2. The summed E-state index contributed by atoms with van der Waals surface area (Å²) in [6.07, 6.45) is 0. The quantitative estimate of drug-likeness (QED) is 0.340. The van der Waals surface area contributed by atoms with E-state index in [1.54, 1.807) is 0 Å². The Hall–Kier alpha value is -1.58. The Morgan fingerprint density at radius 2 is 2.39 bits per heavy atom. The second kappa shape index (κ2) is 5.38. The molecule has 1 aromatic carbocycles. The molecule has 1 aromatic heterocycles. The molecule has 2 rings (SSSR count). The van der Waals surface area contributed by atoms with E-state index in [2.05, 4.69) is 35.9 Å². The van der Waals surface area contributed by atoms with Gasteiger partial charge in [-0.15, -0.1) is 0 Å². The smallest absolute Gasteiger partial charge is 0.187 e. The number of amidine groups is 1. The fourth-order valence-corrected chi connectivity index (χ4v) is 1.70. The van der Waals surface area contributed by atoms with Crippen LogP contribution >= 0.6 is 28.1 Å². The van der Waals surface area contributed by atoms with Gasteiger partial charge in [-0.05, 0) is 39.3 Å². The molecule has 2 aromatic rings. The second-order valence-electron chi connectivity index (χ2n) is 3.13. The van der Waals surface area contributed by atoms with Gasteiger partial charge < -0.3 is 0 Å². The van der Waals surface area contributed by atoms with E-state index in [1.165, 1.54) is 18.2 Å². The Kier molecular flexibility index (Phi) is 3.84. The Morgan fingerprint density at radius 3 is 2.94 bits per heavy atom. The first-order valence-electron chi connectivity index (χ1n) is 4.60. The van der Waals surface area contributed by atoms with Gasteiger partial charge >= 0.3 is 0 Å². The Balaban J connectivity index is 2.44. The molecule has 9 heteroatoms. The van der Waals surface area contributed by atoms with Gasteiger partial charge in [-0.3, -0.25) is 15.3 Å². The Labute approximate surface area is 114 Å². The number of benzene rings is 1. The van der Waals surface area contributed by atoms with E-state index in [1.807, 2.05) is 5.48 Å². The highest BCUT2D eigenvalue weighted by Gasteiger charge is 2.10. The predicted octanol–water partition coefficient (Wildman–Crippen LogP) is 2.69. The van der Waals surface area contributed by atoms with Crippen LogP contribution in [0.2, 0.25) is 0 Å². The van der Waals surface area contributed by atoms with Crippen molar-refractivity contribution in [3.8, 4) is 0 Å². The third kappa shape index (κ3) is 2.63. The lowest BCUT2D eigenvalue weighted by atomic mass is 10.3. The third-order valence-corrected chi connectivity index (χ3v) is 2.85. The van der Waals surface area contributed by atoms with Gasteiger partial charge in [0, 0.05) is 0 Å². The molecule has 0 saturated carbocycles. The van der Waals surface area contributed by atoms with E-state index >= 15 is 0 Å². The van der Waals surface area contributed by atoms with Gasteiger partial charge in [-0.25, -0.2) is 9.38 Å². The molecule has 1 heterocycles. The van der Waals surface area contributed by atoms with Crippen molar-refractivity contribution in [2.45, 2.75) is 0 Å². The van der Waals surface area contributed by atoms with E-state index in [-0.39, 0.29) is 20.6 Å². The van der Waals surface area contributed by atoms with E-state index < -0.39 is 5.82 Å². The molecule has 3 N–H and O–H groups in total. The van der Waals surface area contributed by atoms with Crippen molar-refractivity contribution >= 4 is 39.7 Å². The summed E-state index contributed by atoms with van der Waals surface area (Å²) in [6.45, 7) is 0. The fourth-order valence-electron chi connectivity index (χ4n) is 1.17. The highest BCUT2D eigenvalue weighted by molar-refractivity contribution is 9.10. The number of hydrogen-bond donors (Lipinski definition) is 3. The van der Waals surface area contributed by atoms with Gasteiger partial charge in [0.2, 0.25) is 0 Å². The largest absolute Gasteiger partial charge is 0.290 e. The molecule has 6 nitrogen and oxygen atoms in total. The molecule has 94 valence electrons. The minimum absolute atomic E-state index is 0.0106. The second-order valence-corrected chi connectivity index (χ2v) is 4.40. The molecular weight excluding hydrogens is 327 g/mol. The summed E-state index contributed by atoms with van der Waals surface area (Å²) in [4.78, 5) is 4.03. The van der Waals surface area contributed by atoms with Crippen LogP contribution in [0.4, 0.5) is 10.1 Å². The number of hydroxylamine groups is 1. The highest BCUT2D eigenvalue weighted by atomic mass is 79.9. The summed E-state index contributed by atoms with van der Waals surface area (Å²) >= 11 is 7.91.